The number of rotatable bonds is 2. The van der Waals surface area contributed by atoms with Gasteiger partial charge in [-0.1, -0.05) is 36.4 Å². The molecule has 92 valence electrons. The molecular formula is C16H18N2. The second-order valence-corrected chi connectivity index (χ2v) is 4.88. The van der Waals surface area contributed by atoms with Crippen molar-refractivity contribution >= 4 is 10.8 Å². The molecule has 1 aliphatic carbocycles. The summed E-state index contributed by atoms with van der Waals surface area (Å²) in [5.74, 6) is 0.466. The van der Waals surface area contributed by atoms with Crippen molar-refractivity contribution in [2.45, 2.75) is 31.7 Å². The topological polar surface area (TPSA) is 38.9 Å². The third-order valence-corrected chi connectivity index (χ3v) is 3.67. The first-order chi connectivity index (χ1) is 8.88. The van der Waals surface area contributed by atoms with Crippen LogP contribution < -0.4 is 5.73 Å². The van der Waals surface area contributed by atoms with E-state index >= 15 is 0 Å². The molecule has 2 aromatic rings. The SMILES string of the molecule is NCc1nc(C2C=CCCC2)cc2ccccc12. The summed E-state index contributed by atoms with van der Waals surface area (Å²) in [5.41, 5.74) is 8.02. The Morgan fingerprint density at radius 1 is 1.28 bits per heavy atom. The fourth-order valence-corrected chi connectivity index (χ4v) is 2.70. The molecule has 1 heterocycles. The Balaban J connectivity index is 2.12. The molecule has 18 heavy (non-hydrogen) atoms. The monoisotopic (exact) mass is 238 g/mol. The van der Waals surface area contributed by atoms with Crippen molar-refractivity contribution in [2.75, 3.05) is 0 Å². The summed E-state index contributed by atoms with van der Waals surface area (Å²) in [5, 5.41) is 2.44. The van der Waals surface area contributed by atoms with Crippen molar-refractivity contribution in [3.8, 4) is 0 Å². The van der Waals surface area contributed by atoms with Gasteiger partial charge in [-0.3, -0.25) is 4.98 Å². The summed E-state index contributed by atoms with van der Waals surface area (Å²) in [6.45, 7) is 0.505. The van der Waals surface area contributed by atoms with Crippen LogP contribution in [-0.4, -0.2) is 4.98 Å². The Labute approximate surface area is 108 Å². The molecule has 1 aromatic carbocycles. The van der Waals surface area contributed by atoms with Crippen molar-refractivity contribution in [1.29, 1.82) is 0 Å². The highest BCUT2D eigenvalue weighted by Gasteiger charge is 2.14. The molecular weight excluding hydrogens is 220 g/mol. The Morgan fingerprint density at radius 3 is 2.94 bits per heavy atom. The van der Waals surface area contributed by atoms with Gasteiger partial charge in [0.2, 0.25) is 0 Å². The van der Waals surface area contributed by atoms with Gasteiger partial charge in [0, 0.05) is 23.5 Å². The zero-order valence-corrected chi connectivity index (χ0v) is 10.5. The highest BCUT2D eigenvalue weighted by atomic mass is 14.8. The molecule has 3 rings (SSSR count). The molecule has 1 aliphatic rings. The lowest BCUT2D eigenvalue weighted by atomic mass is 9.91. The van der Waals surface area contributed by atoms with Crippen molar-refractivity contribution in [3.63, 3.8) is 0 Å². The predicted molar refractivity (Wildman–Crippen MR) is 75.4 cm³/mol. The lowest BCUT2D eigenvalue weighted by molar-refractivity contribution is 0.640. The van der Waals surface area contributed by atoms with E-state index in [4.69, 9.17) is 10.7 Å². The van der Waals surface area contributed by atoms with E-state index < -0.39 is 0 Å². The van der Waals surface area contributed by atoms with Crippen LogP contribution in [0.2, 0.25) is 0 Å². The quantitative estimate of drug-likeness (QED) is 0.813. The van der Waals surface area contributed by atoms with Gasteiger partial charge >= 0.3 is 0 Å². The molecule has 1 unspecified atom stereocenters. The van der Waals surface area contributed by atoms with Crippen LogP contribution in [0.25, 0.3) is 10.8 Å². The lowest BCUT2D eigenvalue weighted by Crippen LogP contribution is -2.07. The number of fused-ring (bicyclic) bond motifs is 1. The van der Waals surface area contributed by atoms with Gasteiger partial charge < -0.3 is 5.73 Å². The Hall–Kier alpha value is -1.67. The van der Waals surface area contributed by atoms with Crippen LogP contribution in [0, 0.1) is 0 Å². The van der Waals surface area contributed by atoms with Crippen molar-refractivity contribution in [1.82, 2.24) is 4.98 Å². The second-order valence-electron chi connectivity index (χ2n) is 4.88. The third kappa shape index (κ3) is 2.04. The van der Waals surface area contributed by atoms with Crippen molar-refractivity contribution < 1.29 is 0 Å². The molecule has 0 aliphatic heterocycles. The fraction of sp³-hybridized carbons (Fsp3) is 0.312. The molecule has 0 spiro atoms. The summed E-state index contributed by atoms with van der Waals surface area (Å²) in [4.78, 5) is 4.77. The molecule has 0 amide bonds. The van der Waals surface area contributed by atoms with Crippen LogP contribution in [0.4, 0.5) is 0 Å². The zero-order valence-electron chi connectivity index (χ0n) is 10.5. The zero-order chi connectivity index (χ0) is 12.4. The first-order valence-corrected chi connectivity index (χ1v) is 6.64. The smallest absolute Gasteiger partial charge is 0.0621 e. The minimum Gasteiger partial charge on any atom is -0.325 e. The fourth-order valence-electron chi connectivity index (χ4n) is 2.70. The van der Waals surface area contributed by atoms with Crippen molar-refractivity contribution in [3.05, 3.63) is 53.9 Å². The largest absolute Gasteiger partial charge is 0.325 e. The molecule has 1 aromatic heterocycles. The number of benzene rings is 1. The first kappa shape index (κ1) is 11.4. The molecule has 2 N–H and O–H groups in total. The van der Waals surface area contributed by atoms with Crippen LogP contribution in [0.15, 0.2) is 42.5 Å². The molecule has 1 atom stereocenters. The summed E-state index contributed by atoms with van der Waals surface area (Å²) < 4.78 is 0. The Kier molecular flexibility index (Phi) is 3.11. The molecule has 0 saturated carbocycles. The van der Waals surface area contributed by atoms with Crippen LogP contribution >= 0.6 is 0 Å². The predicted octanol–water partition coefficient (Wildman–Crippen LogP) is 3.52. The van der Waals surface area contributed by atoms with Gasteiger partial charge in [0.05, 0.1) is 5.69 Å². The average Bonchev–Trinajstić information content (AvgIpc) is 2.47. The average molecular weight is 238 g/mol. The van der Waals surface area contributed by atoms with E-state index in [1.807, 2.05) is 6.07 Å². The van der Waals surface area contributed by atoms with Gasteiger partial charge in [-0.2, -0.15) is 0 Å². The Morgan fingerprint density at radius 2 is 2.17 bits per heavy atom. The molecule has 2 nitrogen and oxygen atoms in total. The van der Waals surface area contributed by atoms with Crippen LogP contribution in [0.3, 0.4) is 0 Å². The molecule has 0 radical (unpaired) electrons. The molecule has 0 fully saturated rings. The maximum Gasteiger partial charge on any atom is 0.0621 e. The summed E-state index contributed by atoms with van der Waals surface area (Å²) >= 11 is 0. The highest BCUT2D eigenvalue weighted by Crippen LogP contribution is 2.29. The second kappa shape index (κ2) is 4.91. The number of nitrogens with zero attached hydrogens (tertiary/aromatic N) is 1. The lowest BCUT2D eigenvalue weighted by Gasteiger charge is -2.17. The van der Waals surface area contributed by atoms with E-state index in [9.17, 15) is 0 Å². The van der Waals surface area contributed by atoms with Crippen LogP contribution in [0.5, 0.6) is 0 Å². The maximum absolute atomic E-state index is 5.83. The standard InChI is InChI=1S/C16H18N2/c17-11-16-14-9-5-4-8-13(14)10-15(18-16)12-6-2-1-3-7-12/h2,4-6,8-10,12H,1,3,7,11,17H2. The summed E-state index contributed by atoms with van der Waals surface area (Å²) in [6, 6.07) is 10.6. The van der Waals surface area contributed by atoms with E-state index in [-0.39, 0.29) is 0 Å². The first-order valence-electron chi connectivity index (χ1n) is 6.64. The van der Waals surface area contributed by atoms with Gasteiger partial charge in [-0.25, -0.2) is 0 Å². The van der Waals surface area contributed by atoms with Gasteiger partial charge in [-0.15, -0.1) is 0 Å². The molecule has 2 heteroatoms. The number of nitrogens with two attached hydrogens (primary N) is 1. The van der Waals surface area contributed by atoms with Gasteiger partial charge in [0.15, 0.2) is 0 Å². The van der Waals surface area contributed by atoms with Gasteiger partial charge in [0.1, 0.15) is 0 Å². The highest BCUT2D eigenvalue weighted by molar-refractivity contribution is 5.85. The van der Waals surface area contributed by atoms with Crippen molar-refractivity contribution in [2.24, 2.45) is 5.73 Å². The summed E-state index contributed by atoms with van der Waals surface area (Å²) in [6.07, 6.45) is 8.22. The van der Waals surface area contributed by atoms with E-state index in [0.717, 1.165) is 5.69 Å². The number of aromatic nitrogens is 1. The minimum absolute atomic E-state index is 0.466. The van der Waals surface area contributed by atoms with Crippen LogP contribution in [-0.2, 0) is 6.54 Å². The minimum atomic E-state index is 0.466. The normalized spacial score (nSPS) is 19.3. The number of hydrogen-bond acceptors (Lipinski definition) is 2. The van der Waals surface area contributed by atoms with E-state index in [1.165, 1.54) is 35.7 Å². The molecule has 0 bridgehead atoms. The summed E-state index contributed by atoms with van der Waals surface area (Å²) in [7, 11) is 0. The van der Waals surface area contributed by atoms with E-state index in [0.29, 0.717) is 12.5 Å². The van der Waals surface area contributed by atoms with E-state index in [1.54, 1.807) is 0 Å². The third-order valence-electron chi connectivity index (χ3n) is 3.67. The van der Waals surface area contributed by atoms with Gasteiger partial charge in [0.25, 0.3) is 0 Å². The maximum atomic E-state index is 5.83. The number of hydrogen-bond donors (Lipinski definition) is 1. The molecule has 0 saturated heterocycles. The van der Waals surface area contributed by atoms with E-state index in [2.05, 4.69) is 36.4 Å². The number of pyridine rings is 1. The Bertz CT molecular complexity index is 587. The van der Waals surface area contributed by atoms with Crippen LogP contribution in [0.1, 0.15) is 36.6 Å². The van der Waals surface area contributed by atoms with Gasteiger partial charge in [-0.05, 0) is 30.7 Å². The number of allylic oxidation sites excluding steroid dienone is 2.